The molecule has 0 unspecified atom stereocenters. The Bertz CT molecular complexity index is 899. The molecule has 0 amide bonds. The van der Waals surface area contributed by atoms with E-state index < -0.39 is 17.8 Å². The minimum Gasteiger partial charge on any atom is -0.462 e. The highest BCUT2D eigenvalue weighted by Crippen LogP contribution is 2.34. The summed E-state index contributed by atoms with van der Waals surface area (Å²) in [4.78, 5) is 25.3. The summed E-state index contributed by atoms with van der Waals surface area (Å²) in [6.45, 7) is 1.75. The fourth-order valence-corrected chi connectivity index (χ4v) is 4.23. The van der Waals surface area contributed by atoms with Gasteiger partial charge in [-0.25, -0.2) is 9.18 Å². The lowest BCUT2D eigenvalue weighted by Gasteiger charge is -2.07. The van der Waals surface area contributed by atoms with Crippen molar-refractivity contribution >= 4 is 44.7 Å². The van der Waals surface area contributed by atoms with E-state index in [1.165, 1.54) is 17.4 Å². The number of hydrogen-bond donors (Lipinski definition) is 0. The van der Waals surface area contributed by atoms with Gasteiger partial charge in [-0.05, 0) is 30.5 Å². The molecule has 0 aliphatic carbocycles. The summed E-state index contributed by atoms with van der Waals surface area (Å²) in [7, 11) is 0. The largest absolute Gasteiger partial charge is 0.462 e. The topological polar surface area (TPSA) is 52.6 Å². The summed E-state index contributed by atoms with van der Waals surface area (Å²) in [6, 6.07) is 8.32. The molecule has 0 aliphatic heterocycles. The quantitative estimate of drug-likeness (QED) is 0.590. The number of carbonyl (C=O) groups is 2. The zero-order chi connectivity index (χ0) is 17.8. The smallest absolute Gasteiger partial charge is 0.348 e. The molecule has 130 valence electrons. The number of halogens is 1. The van der Waals surface area contributed by atoms with Gasteiger partial charge in [0.15, 0.2) is 0 Å². The number of fused-ring (bicyclic) bond motifs is 1. The molecular formula is C18H15FO4S2. The lowest BCUT2D eigenvalue weighted by molar-refractivity contribution is -0.144. The fourth-order valence-electron chi connectivity index (χ4n) is 2.43. The van der Waals surface area contributed by atoms with Crippen LogP contribution >= 0.6 is 22.7 Å². The van der Waals surface area contributed by atoms with Crippen molar-refractivity contribution in [1.82, 2.24) is 0 Å². The fraction of sp³-hybridized carbons (Fsp3) is 0.222. The highest BCUT2D eigenvalue weighted by molar-refractivity contribution is 7.21. The van der Waals surface area contributed by atoms with E-state index in [-0.39, 0.29) is 24.5 Å². The molecule has 0 bridgehead atoms. The van der Waals surface area contributed by atoms with Gasteiger partial charge in [-0.2, -0.15) is 0 Å². The van der Waals surface area contributed by atoms with E-state index in [0.29, 0.717) is 15.6 Å². The van der Waals surface area contributed by atoms with Crippen LogP contribution in [-0.4, -0.2) is 18.5 Å². The molecule has 2 aromatic heterocycles. The average Bonchev–Trinajstić information content (AvgIpc) is 3.21. The van der Waals surface area contributed by atoms with Crippen molar-refractivity contribution < 1.29 is 23.5 Å². The van der Waals surface area contributed by atoms with Crippen LogP contribution < -0.4 is 0 Å². The third-order valence-electron chi connectivity index (χ3n) is 3.50. The van der Waals surface area contributed by atoms with Crippen molar-refractivity contribution in [2.45, 2.75) is 20.0 Å². The molecule has 2 heterocycles. The molecule has 1 aromatic carbocycles. The number of benzene rings is 1. The Kier molecular flexibility index (Phi) is 5.45. The van der Waals surface area contributed by atoms with Crippen LogP contribution in [0.4, 0.5) is 4.39 Å². The summed E-state index contributed by atoms with van der Waals surface area (Å²) < 4.78 is 25.2. The monoisotopic (exact) mass is 378 g/mol. The zero-order valence-electron chi connectivity index (χ0n) is 13.4. The molecule has 7 heteroatoms. The van der Waals surface area contributed by atoms with Crippen LogP contribution in [-0.2, 0) is 27.3 Å². The third-order valence-corrected chi connectivity index (χ3v) is 5.55. The van der Waals surface area contributed by atoms with E-state index in [1.54, 1.807) is 19.1 Å². The Morgan fingerprint density at radius 1 is 1.16 bits per heavy atom. The number of esters is 2. The standard InChI is InChI=1S/C18H15FO4S2/c1-2-22-18(21)17-12(16-13(19)6-3-7-14(16)25-17)10-23-15(20)9-11-5-4-8-24-11/h3-8H,2,9-10H2,1H3. The molecule has 0 fully saturated rings. The Hall–Kier alpha value is -2.25. The molecule has 25 heavy (non-hydrogen) atoms. The van der Waals surface area contributed by atoms with Gasteiger partial charge < -0.3 is 9.47 Å². The second-order valence-electron chi connectivity index (χ2n) is 5.16. The van der Waals surface area contributed by atoms with Crippen LogP contribution in [0.2, 0.25) is 0 Å². The second-order valence-corrected chi connectivity index (χ2v) is 7.24. The first kappa shape index (κ1) is 17.6. The van der Waals surface area contributed by atoms with Crippen molar-refractivity contribution in [1.29, 1.82) is 0 Å². The first-order valence-corrected chi connectivity index (χ1v) is 9.34. The summed E-state index contributed by atoms with van der Waals surface area (Å²) in [5.41, 5.74) is 0.357. The normalized spacial score (nSPS) is 10.8. The Morgan fingerprint density at radius 3 is 2.72 bits per heavy atom. The van der Waals surface area contributed by atoms with Crippen LogP contribution in [0.5, 0.6) is 0 Å². The van der Waals surface area contributed by atoms with E-state index >= 15 is 0 Å². The summed E-state index contributed by atoms with van der Waals surface area (Å²) in [6.07, 6.45) is 0.150. The second kappa shape index (κ2) is 7.76. The van der Waals surface area contributed by atoms with Gasteiger partial charge in [0.05, 0.1) is 13.0 Å². The number of ether oxygens (including phenoxy) is 2. The van der Waals surface area contributed by atoms with Gasteiger partial charge in [-0.15, -0.1) is 22.7 Å². The molecular weight excluding hydrogens is 363 g/mol. The van der Waals surface area contributed by atoms with Crippen LogP contribution in [0, 0.1) is 5.82 Å². The summed E-state index contributed by atoms with van der Waals surface area (Å²) in [5, 5.41) is 2.18. The molecule has 4 nitrogen and oxygen atoms in total. The van der Waals surface area contributed by atoms with Gasteiger partial charge >= 0.3 is 11.9 Å². The highest BCUT2D eigenvalue weighted by Gasteiger charge is 2.22. The maximum atomic E-state index is 14.3. The summed E-state index contributed by atoms with van der Waals surface area (Å²) >= 11 is 2.60. The van der Waals surface area contributed by atoms with Crippen molar-refractivity contribution in [3.8, 4) is 0 Å². The molecule has 0 aliphatic rings. The lowest BCUT2D eigenvalue weighted by atomic mass is 10.1. The maximum Gasteiger partial charge on any atom is 0.348 e. The third kappa shape index (κ3) is 3.88. The van der Waals surface area contributed by atoms with Gasteiger partial charge in [0.1, 0.15) is 17.3 Å². The Labute approximate surface area is 151 Å². The SMILES string of the molecule is CCOC(=O)c1sc2cccc(F)c2c1COC(=O)Cc1cccs1. The molecule has 0 N–H and O–H groups in total. The Balaban J connectivity index is 1.86. The van der Waals surface area contributed by atoms with Crippen molar-refractivity contribution in [3.63, 3.8) is 0 Å². The van der Waals surface area contributed by atoms with Crippen LogP contribution in [0.25, 0.3) is 10.1 Å². The molecule has 0 saturated heterocycles. The van der Waals surface area contributed by atoms with E-state index in [2.05, 4.69) is 0 Å². The van der Waals surface area contributed by atoms with Gasteiger partial charge in [0.2, 0.25) is 0 Å². The van der Waals surface area contributed by atoms with E-state index in [9.17, 15) is 14.0 Å². The number of hydrogen-bond acceptors (Lipinski definition) is 6. The average molecular weight is 378 g/mol. The van der Waals surface area contributed by atoms with E-state index in [1.807, 2.05) is 17.5 Å². The molecule has 0 atom stereocenters. The van der Waals surface area contributed by atoms with Gasteiger partial charge in [0.25, 0.3) is 0 Å². The molecule has 3 rings (SSSR count). The van der Waals surface area contributed by atoms with E-state index in [0.717, 1.165) is 16.2 Å². The van der Waals surface area contributed by atoms with Crippen LogP contribution in [0.1, 0.15) is 27.0 Å². The number of carbonyl (C=O) groups excluding carboxylic acids is 2. The van der Waals surface area contributed by atoms with Gasteiger partial charge in [-0.1, -0.05) is 12.1 Å². The number of thiophene rings is 2. The molecule has 0 radical (unpaired) electrons. The van der Waals surface area contributed by atoms with Crippen molar-refractivity contribution in [3.05, 3.63) is 56.8 Å². The molecule has 0 spiro atoms. The lowest BCUT2D eigenvalue weighted by Crippen LogP contribution is -2.10. The molecule has 0 saturated carbocycles. The molecule has 3 aromatic rings. The number of rotatable bonds is 6. The van der Waals surface area contributed by atoms with Crippen LogP contribution in [0.3, 0.4) is 0 Å². The Morgan fingerprint density at radius 2 is 2.00 bits per heavy atom. The minimum atomic E-state index is -0.535. The van der Waals surface area contributed by atoms with E-state index in [4.69, 9.17) is 9.47 Å². The highest BCUT2D eigenvalue weighted by atomic mass is 32.1. The first-order chi connectivity index (χ1) is 12.1. The minimum absolute atomic E-state index is 0.150. The van der Waals surface area contributed by atoms with Crippen LogP contribution in [0.15, 0.2) is 35.7 Å². The predicted molar refractivity (Wildman–Crippen MR) is 95.6 cm³/mol. The van der Waals surface area contributed by atoms with Gasteiger partial charge in [0, 0.05) is 20.5 Å². The summed E-state index contributed by atoms with van der Waals surface area (Å²) in [5.74, 6) is -1.41. The zero-order valence-corrected chi connectivity index (χ0v) is 15.0. The van der Waals surface area contributed by atoms with Gasteiger partial charge in [-0.3, -0.25) is 4.79 Å². The predicted octanol–water partition coefficient (Wildman–Crippen LogP) is 4.56. The first-order valence-electron chi connectivity index (χ1n) is 7.65. The maximum absolute atomic E-state index is 14.3. The van der Waals surface area contributed by atoms with Crippen molar-refractivity contribution in [2.24, 2.45) is 0 Å². The van der Waals surface area contributed by atoms with Crippen molar-refractivity contribution in [2.75, 3.05) is 6.61 Å².